The minimum atomic E-state index is -4.55. The van der Waals surface area contributed by atoms with Crippen LogP contribution in [-0.4, -0.2) is 33.2 Å². The van der Waals surface area contributed by atoms with Crippen LogP contribution < -0.4 is 10.6 Å². The van der Waals surface area contributed by atoms with Crippen LogP contribution in [0.1, 0.15) is 37.9 Å². The molecule has 2 aromatic rings. The molecule has 6 nitrogen and oxygen atoms in total. The Kier molecular flexibility index (Phi) is 5.10. The summed E-state index contributed by atoms with van der Waals surface area (Å²) < 4.78 is 40.5. The SMILES string of the molecule is O=C(NCCCn1c(C(F)(F)F)nc2cccnc21)NC1CCCC1. The number of alkyl halides is 3. The highest BCUT2D eigenvalue weighted by molar-refractivity contribution is 5.74. The number of carbonyl (C=O) groups excluding carboxylic acids is 1. The fourth-order valence-corrected chi connectivity index (χ4v) is 3.13. The molecule has 2 heterocycles. The number of fused-ring (bicyclic) bond motifs is 1. The van der Waals surface area contributed by atoms with Crippen molar-refractivity contribution in [3.8, 4) is 0 Å². The Balaban J connectivity index is 1.58. The average Bonchev–Trinajstić information content (AvgIpc) is 3.18. The topological polar surface area (TPSA) is 71.8 Å². The van der Waals surface area contributed by atoms with Crippen molar-refractivity contribution in [2.45, 2.75) is 50.9 Å². The van der Waals surface area contributed by atoms with Gasteiger partial charge in [0.2, 0.25) is 5.82 Å². The molecule has 3 rings (SSSR count). The molecule has 2 amide bonds. The molecule has 2 N–H and O–H groups in total. The number of carbonyl (C=O) groups is 1. The predicted octanol–water partition coefficient (Wildman–Crippen LogP) is 3.08. The van der Waals surface area contributed by atoms with E-state index in [1.54, 1.807) is 6.07 Å². The Morgan fingerprint density at radius 1 is 1.32 bits per heavy atom. The molecule has 136 valence electrons. The van der Waals surface area contributed by atoms with Crippen LogP contribution in [0.2, 0.25) is 0 Å². The van der Waals surface area contributed by atoms with E-state index in [1.807, 2.05) is 0 Å². The molecule has 0 saturated heterocycles. The molecule has 9 heteroatoms. The molecule has 25 heavy (non-hydrogen) atoms. The number of urea groups is 1. The van der Waals surface area contributed by atoms with E-state index in [2.05, 4.69) is 20.6 Å². The van der Waals surface area contributed by atoms with Gasteiger partial charge in [-0.25, -0.2) is 14.8 Å². The van der Waals surface area contributed by atoms with Crippen LogP contribution >= 0.6 is 0 Å². The lowest BCUT2D eigenvalue weighted by molar-refractivity contribution is -0.147. The van der Waals surface area contributed by atoms with Gasteiger partial charge in [0, 0.05) is 25.3 Å². The number of hydrogen-bond donors (Lipinski definition) is 2. The van der Waals surface area contributed by atoms with E-state index in [4.69, 9.17) is 0 Å². The van der Waals surface area contributed by atoms with Crippen molar-refractivity contribution in [3.05, 3.63) is 24.2 Å². The third kappa shape index (κ3) is 4.21. The summed E-state index contributed by atoms with van der Waals surface area (Å²) in [7, 11) is 0. The normalized spacial score (nSPS) is 15.6. The number of hydrogen-bond acceptors (Lipinski definition) is 3. The molecule has 1 aliphatic carbocycles. The lowest BCUT2D eigenvalue weighted by Gasteiger charge is -2.14. The lowest BCUT2D eigenvalue weighted by atomic mass is 10.2. The number of nitrogens with zero attached hydrogens (tertiary/aromatic N) is 3. The maximum Gasteiger partial charge on any atom is 0.449 e. The average molecular weight is 355 g/mol. The summed E-state index contributed by atoms with van der Waals surface area (Å²) >= 11 is 0. The maximum absolute atomic E-state index is 13.2. The van der Waals surface area contributed by atoms with E-state index in [0.29, 0.717) is 6.42 Å². The molecule has 0 aliphatic heterocycles. The van der Waals surface area contributed by atoms with Crippen LogP contribution in [-0.2, 0) is 12.7 Å². The van der Waals surface area contributed by atoms with E-state index in [-0.39, 0.29) is 36.3 Å². The largest absolute Gasteiger partial charge is 0.449 e. The number of rotatable bonds is 5. The minimum absolute atomic E-state index is 0.0755. The Hall–Kier alpha value is -2.32. The van der Waals surface area contributed by atoms with Gasteiger partial charge in [0.05, 0.1) is 0 Å². The van der Waals surface area contributed by atoms with Crippen molar-refractivity contribution in [1.82, 2.24) is 25.2 Å². The van der Waals surface area contributed by atoms with E-state index < -0.39 is 12.0 Å². The number of pyridine rings is 1. The Bertz CT molecular complexity index is 737. The van der Waals surface area contributed by atoms with Crippen LogP contribution in [0.3, 0.4) is 0 Å². The standard InChI is InChI=1S/C16H20F3N5O/c17-16(18,19)14-23-12-7-3-8-20-13(12)24(14)10-4-9-21-15(25)22-11-5-1-2-6-11/h3,7-8,11H,1-2,4-6,9-10H2,(H2,21,22,25). The third-order valence-electron chi connectivity index (χ3n) is 4.29. The summed E-state index contributed by atoms with van der Waals surface area (Å²) in [5.41, 5.74) is 0.409. The smallest absolute Gasteiger partial charge is 0.338 e. The molecule has 0 unspecified atom stereocenters. The summed E-state index contributed by atoms with van der Waals surface area (Å²) in [5, 5.41) is 5.57. The second-order valence-electron chi connectivity index (χ2n) is 6.17. The van der Waals surface area contributed by atoms with Crippen LogP contribution in [0, 0.1) is 0 Å². The molecule has 0 radical (unpaired) electrons. The first-order chi connectivity index (χ1) is 11.9. The number of aryl methyl sites for hydroxylation is 1. The number of halogens is 3. The predicted molar refractivity (Wildman–Crippen MR) is 85.9 cm³/mol. The number of amides is 2. The molecule has 1 saturated carbocycles. The van der Waals surface area contributed by atoms with Crippen molar-refractivity contribution < 1.29 is 18.0 Å². The van der Waals surface area contributed by atoms with Gasteiger partial charge in [-0.1, -0.05) is 12.8 Å². The summed E-state index contributed by atoms with van der Waals surface area (Å²) in [4.78, 5) is 19.4. The highest BCUT2D eigenvalue weighted by Crippen LogP contribution is 2.30. The highest BCUT2D eigenvalue weighted by atomic mass is 19.4. The number of nitrogens with one attached hydrogen (secondary N) is 2. The van der Waals surface area contributed by atoms with Crippen molar-refractivity contribution in [2.75, 3.05) is 6.54 Å². The first-order valence-corrected chi connectivity index (χ1v) is 8.38. The summed E-state index contributed by atoms with van der Waals surface area (Å²) in [6.07, 6.45) is 1.44. The zero-order valence-corrected chi connectivity index (χ0v) is 13.6. The minimum Gasteiger partial charge on any atom is -0.338 e. The van der Waals surface area contributed by atoms with Crippen molar-refractivity contribution in [2.24, 2.45) is 0 Å². The Morgan fingerprint density at radius 2 is 2.08 bits per heavy atom. The third-order valence-corrected chi connectivity index (χ3v) is 4.29. The number of aromatic nitrogens is 3. The highest BCUT2D eigenvalue weighted by Gasteiger charge is 2.37. The van der Waals surface area contributed by atoms with Gasteiger partial charge in [-0.05, 0) is 31.4 Å². The van der Waals surface area contributed by atoms with Gasteiger partial charge < -0.3 is 15.2 Å². The second kappa shape index (κ2) is 7.28. The van der Waals surface area contributed by atoms with Crippen molar-refractivity contribution >= 4 is 17.2 Å². The van der Waals surface area contributed by atoms with Crippen LogP contribution in [0.5, 0.6) is 0 Å². The van der Waals surface area contributed by atoms with Gasteiger partial charge in [0.1, 0.15) is 5.52 Å². The molecule has 1 aliphatic rings. The van der Waals surface area contributed by atoms with Gasteiger partial charge in [-0.15, -0.1) is 0 Å². The molecule has 0 bridgehead atoms. The lowest BCUT2D eigenvalue weighted by Crippen LogP contribution is -2.41. The first-order valence-electron chi connectivity index (χ1n) is 8.38. The van der Waals surface area contributed by atoms with E-state index in [1.165, 1.54) is 12.3 Å². The molecule has 0 aromatic carbocycles. The second-order valence-corrected chi connectivity index (χ2v) is 6.17. The summed E-state index contributed by atoms with van der Waals surface area (Å²) in [6.45, 7) is 0.356. The molecular formula is C16H20F3N5O. The fourth-order valence-electron chi connectivity index (χ4n) is 3.13. The monoisotopic (exact) mass is 355 g/mol. The Morgan fingerprint density at radius 3 is 2.80 bits per heavy atom. The first kappa shape index (κ1) is 17.5. The van der Waals surface area contributed by atoms with Crippen molar-refractivity contribution in [1.29, 1.82) is 0 Å². The molecule has 0 spiro atoms. The Labute approximate surface area is 142 Å². The van der Waals surface area contributed by atoms with Crippen LogP contribution in [0.15, 0.2) is 18.3 Å². The van der Waals surface area contributed by atoms with Crippen LogP contribution in [0.4, 0.5) is 18.0 Å². The van der Waals surface area contributed by atoms with Gasteiger partial charge in [0.15, 0.2) is 5.65 Å². The van der Waals surface area contributed by atoms with Crippen LogP contribution in [0.25, 0.3) is 11.2 Å². The maximum atomic E-state index is 13.2. The van der Waals surface area contributed by atoms with E-state index in [0.717, 1.165) is 30.3 Å². The van der Waals surface area contributed by atoms with Crippen molar-refractivity contribution in [3.63, 3.8) is 0 Å². The van der Waals surface area contributed by atoms with E-state index in [9.17, 15) is 18.0 Å². The van der Waals surface area contributed by atoms with E-state index >= 15 is 0 Å². The zero-order valence-electron chi connectivity index (χ0n) is 13.6. The van der Waals surface area contributed by atoms with Gasteiger partial charge in [-0.3, -0.25) is 0 Å². The van der Waals surface area contributed by atoms with Gasteiger partial charge in [0.25, 0.3) is 0 Å². The zero-order chi connectivity index (χ0) is 17.9. The molecule has 2 aromatic heterocycles. The van der Waals surface area contributed by atoms with Gasteiger partial charge >= 0.3 is 12.2 Å². The molecule has 1 fully saturated rings. The molecular weight excluding hydrogens is 335 g/mol. The number of imidazole rings is 1. The fraction of sp³-hybridized carbons (Fsp3) is 0.562. The summed E-state index contributed by atoms with van der Waals surface area (Å²) in [6, 6.07) is 2.99. The summed E-state index contributed by atoms with van der Waals surface area (Å²) in [5.74, 6) is -0.961. The molecule has 0 atom stereocenters. The van der Waals surface area contributed by atoms with Gasteiger partial charge in [-0.2, -0.15) is 13.2 Å². The quantitative estimate of drug-likeness (QED) is 0.810.